The summed E-state index contributed by atoms with van der Waals surface area (Å²) in [5.74, 6) is 0.126. The van der Waals surface area contributed by atoms with Gasteiger partial charge >= 0.3 is 0 Å². The van der Waals surface area contributed by atoms with Crippen LogP contribution in [0.2, 0.25) is 4.34 Å². The van der Waals surface area contributed by atoms with Gasteiger partial charge in [-0.2, -0.15) is 0 Å². The lowest BCUT2D eigenvalue weighted by molar-refractivity contribution is 0.0997. The van der Waals surface area contributed by atoms with Gasteiger partial charge in [0.05, 0.1) is 13.0 Å². The van der Waals surface area contributed by atoms with Crippen LogP contribution < -0.4 is 0 Å². The normalized spacial score (nSPS) is 10.5. The molecule has 0 fully saturated rings. The molecule has 0 aliphatic rings. The number of carbonyl (C=O) groups excluding carboxylic acids is 1. The van der Waals surface area contributed by atoms with Crippen LogP contribution in [0.4, 0.5) is 0 Å². The second-order valence-electron chi connectivity index (χ2n) is 2.91. The number of rotatable bonds is 3. The first kappa shape index (κ1) is 11.3. The van der Waals surface area contributed by atoms with Crippen molar-refractivity contribution in [2.75, 3.05) is 0 Å². The van der Waals surface area contributed by atoms with Crippen LogP contribution in [0.25, 0.3) is 0 Å². The number of thiophene rings is 2. The standard InChI is InChI=1S/C10H6BrClOS2/c11-9-3-1-6(14-9)5-7(13)8-2-4-10(12)15-8/h1-4H,5H2. The van der Waals surface area contributed by atoms with Gasteiger partial charge in [-0.15, -0.1) is 22.7 Å². The molecule has 0 radical (unpaired) electrons. The maximum absolute atomic E-state index is 11.8. The third kappa shape index (κ3) is 2.91. The van der Waals surface area contributed by atoms with Gasteiger partial charge in [0.2, 0.25) is 0 Å². The Morgan fingerprint density at radius 3 is 2.60 bits per heavy atom. The molecule has 0 N–H and O–H groups in total. The van der Waals surface area contributed by atoms with Gasteiger partial charge in [-0.3, -0.25) is 4.79 Å². The Kier molecular flexibility index (Phi) is 3.61. The van der Waals surface area contributed by atoms with E-state index in [2.05, 4.69) is 15.9 Å². The van der Waals surface area contributed by atoms with Gasteiger partial charge in [-0.05, 0) is 40.2 Å². The first-order valence-electron chi connectivity index (χ1n) is 4.18. The van der Waals surface area contributed by atoms with Crippen LogP contribution in [-0.4, -0.2) is 5.78 Å². The molecule has 0 aromatic carbocycles. The number of halogens is 2. The van der Waals surface area contributed by atoms with Gasteiger partial charge < -0.3 is 0 Å². The Morgan fingerprint density at radius 1 is 1.27 bits per heavy atom. The minimum Gasteiger partial charge on any atom is -0.293 e. The topological polar surface area (TPSA) is 17.1 Å². The molecule has 0 aliphatic carbocycles. The van der Waals surface area contributed by atoms with E-state index in [-0.39, 0.29) is 5.78 Å². The highest BCUT2D eigenvalue weighted by Gasteiger charge is 2.10. The van der Waals surface area contributed by atoms with E-state index in [1.54, 1.807) is 23.5 Å². The van der Waals surface area contributed by atoms with Crippen LogP contribution in [0.3, 0.4) is 0 Å². The second kappa shape index (κ2) is 4.78. The van der Waals surface area contributed by atoms with E-state index in [1.165, 1.54) is 11.3 Å². The summed E-state index contributed by atoms with van der Waals surface area (Å²) < 4.78 is 1.71. The molecule has 0 aliphatic heterocycles. The zero-order valence-electron chi connectivity index (χ0n) is 7.50. The van der Waals surface area contributed by atoms with Crippen molar-refractivity contribution in [2.45, 2.75) is 6.42 Å². The highest BCUT2D eigenvalue weighted by molar-refractivity contribution is 9.11. The Morgan fingerprint density at radius 2 is 2.07 bits per heavy atom. The lowest BCUT2D eigenvalue weighted by Gasteiger charge is -1.93. The fraction of sp³-hybridized carbons (Fsp3) is 0.100. The summed E-state index contributed by atoms with van der Waals surface area (Å²) in [6.45, 7) is 0. The summed E-state index contributed by atoms with van der Waals surface area (Å²) in [5.41, 5.74) is 0. The summed E-state index contributed by atoms with van der Waals surface area (Å²) in [4.78, 5) is 13.6. The predicted octanol–water partition coefficient (Wildman–Crippen LogP) is 4.65. The van der Waals surface area contributed by atoms with Crippen molar-refractivity contribution in [1.29, 1.82) is 0 Å². The van der Waals surface area contributed by atoms with Gasteiger partial charge in [0.1, 0.15) is 0 Å². The molecule has 0 saturated carbocycles. The summed E-state index contributed by atoms with van der Waals surface area (Å²) in [5, 5.41) is 0. The molecule has 0 spiro atoms. The largest absolute Gasteiger partial charge is 0.293 e. The number of carbonyl (C=O) groups is 1. The zero-order chi connectivity index (χ0) is 10.8. The smallest absolute Gasteiger partial charge is 0.178 e. The summed E-state index contributed by atoms with van der Waals surface area (Å²) >= 11 is 12.1. The van der Waals surface area contributed by atoms with E-state index in [1.807, 2.05) is 12.1 Å². The molecule has 2 aromatic rings. The minimum absolute atomic E-state index is 0.126. The van der Waals surface area contributed by atoms with Crippen LogP contribution in [0.1, 0.15) is 14.5 Å². The van der Waals surface area contributed by atoms with Crippen molar-refractivity contribution in [1.82, 2.24) is 0 Å². The first-order chi connectivity index (χ1) is 7.15. The second-order valence-corrected chi connectivity index (χ2v) is 7.17. The van der Waals surface area contributed by atoms with Crippen molar-refractivity contribution >= 4 is 56.0 Å². The molecule has 1 nitrogen and oxygen atoms in total. The van der Waals surface area contributed by atoms with Crippen molar-refractivity contribution in [2.24, 2.45) is 0 Å². The third-order valence-corrected chi connectivity index (χ3v) is 4.71. The van der Waals surface area contributed by atoms with Crippen LogP contribution >= 0.6 is 50.2 Å². The molecule has 2 rings (SSSR count). The molecule has 0 atom stereocenters. The van der Waals surface area contributed by atoms with E-state index in [4.69, 9.17) is 11.6 Å². The maximum Gasteiger partial charge on any atom is 0.178 e. The summed E-state index contributed by atoms with van der Waals surface area (Å²) in [7, 11) is 0. The van der Waals surface area contributed by atoms with E-state index >= 15 is 0 Å². The van der Waals surface area contributed by atoms with Gasteiger partial charge in [0, 0.05) is 11.3 Å². The van der Waals surface area contributed by atoms with Crippen molar-refractivity contribution in [3.63, 3.8) is 0 Å². The molecule has 78 valence electrons. The number of hydrogen-bond donors (Lipinski definition) is 0. The monoisotopic (exact) mass is 320 g/mol. The van der Waals surface area contributed by atoms with E-state index in [0.29, 0.717) is 10.8 Å². The molecule has 2 aromatic heterocycles. The molecule has 5 heteroatoms. The number of Topliss-reactive ketones (excluding diaryl/α,β-unsaturated/α-hetero) is 1. The van der Waals surface area contributed by atoms with E-state index in [9.17, 15) is 4.79 Å². The minimum atomic E-state index is 0.126. The predicted molar refractivity (Wildman–Crippen MR) is 69.4 cm³/mol. The Labute approximate surface area is 109 Å². The molecule has 0 saturated heterocycles. The molecule has 0 unspecified atom stereocenters. The summed E-state index contributed by atoms with van der Waals surface area (Å²) in [6.07, 6.45) is 0.451. The Hall–Kier alpha value is -0.160. The van der Waals surface area contributed by atoms with Crippen LogP contribution in [0, 0.1) is 0 Å². The fourth-order valence-electron chi connectivity index (χ4n) is 1.16. The third-order valence-electron chi connectivity index (χ3n) is 1.81. The van der Waals surface area contributed by atoms with Crippen molar-refractivity contribution in [3.05, 3.63) is 42.1 Å². The molecule has 15 heavy (non-hydrogen) atoms. The van der Waals surface area contributed by atoms with Crippen molar-refractivity contribution < 1.29 is 4.79 Å². The summed E-state index contributed by atoms with van der Waals surface area (Å²) in [6, 6.07) is 7.44. The Bertz CT molecular complexity index is 489. The van der Waals surface area contributed by atoms with Crippen LogP contribution in [0.5, 0.6) is 0 Å². The van der Waals surface area contributed by atoms with Crippen LogP contribution in [0.15, 0.2) is 28.1 Å². The van der Waals surface area contributed by atoms with Gasteiger partial charge in [0.15, 0.2) is 5.78 Å². The lowest BCUT2D eigenvalue weighted by Crippen LogP contribution is -1.98. The molecule has 0 amide bonds. The lowest BCUT2D eigenvalue weighted by atomic mass is 10.2. The SMILES string of the molecule is O=C(Cc1ccc(Br)s1)c1ccc(Cl)s1. The highest BCUT2D eigenvalue weighted by Crippen LogP contribution is 2.26. The average molecular weight is 322 g/mol. The van der Waals surface area contributed by atoms with Gasteiger partial charge in [-0.25, -0.2) is 0 Å². The average Bonchev–Trinajstić information content (AvgIpc) is 2.75. The van der Waals surface area contributed by atoms with Crippen molar-refractivity contribution in [3.8, 4) is 0 Å². The molecular weight excluding hydrogens is 316 g/mol. The number of ketones is 1. The quantitative estimate of drug-likeness (QED) is 0.752. The molecular formula is C10H6BrClOS2. The van der Waals surface area contributed by atoms with Crippen LogP contribution in [-0.2, 0) is 6.42 Å². The van der Waals surface area contributed by atoms with E-state index in [0.717, 1.165) is 13.5 Å². The van der Waals surface area contributed by atoms with Gasteiger partial charge in [0.25, 0.3) is 0 Å². The Balaban J connectivity index is 2.10. The number of hydrogen-bond acceptors (Lipinski definition) is 3. The van der Waals surface area contributed by atoms with E-state index < -0.39 is 0 Å². The fourth-order valence-corrected chi connectivity index (χ4v) is 3.62. The highest BCUT2D eigenvalue weighted by atomic mass is 79.9. The zero-order valence-corrected chi connectivity index (χ0v) is 11.5. The molecule has 0 bridgehead atoms. The van der Waals surface area contributed by atoms with Gasteiger partial charge in [-0.1, -0.05) is 11.6 Å². The molecule has 2 heterocycles. The maximum atomic E-state index is 11.8. The first-order valence-corrected chi connectivity index (χ1v) is 6.98.